The molecule has 0 aliphatic carbocycles. The molecule has 28 heteroatoms. The van der Waals surface area contributed by atoms with Gasteiger partial charge in [-0.2, -0.15) is 0 Å². The van der Waals surface area contributed by atoms with Crippen molar-refractivity contribution in [3.63, 3.8) is 0 Å². The zero-order valence-corrected chi connectivity index (χ0v) is 96.0. The van der Waals surface area contributed by atoms with Gasteiger partial charge in [0.05, 0.1) is 0 Å². The molecule has 0 saturated carbocycles. The van der Waals surface area contributed by atoms with Gasteiger partial charge < -0.3 is 50.2 Å². The van der Waals surface area contributed by atoms with Crippen molar-refractivity contribution in [1.29, 1.82) is 0 Å². The van der Waals surface area contributed by atoms with Gasteiger partial charge in [0.2, 0.25) is 0 Å². The van der Waals surface area contributed by atoms with Gasteiger partial charge in [0.15, 0.2) is 34.7 Å². The second kappa shape index (κ2) is 78.1. The van der Waals surface area contributed by atoms with Crippen LogP contribution in [0.3, 0.4) is 0 Å². The predicted molar refractivity (Wildman–Crippen MR) is 526 cm³/mol. The van der Waals surface area contributed by atoms with Gasteiger partial charge in [-0.25, -0.2) is 0 Å². The van der Waals surface area contributed by atoms with Crippen molar-refractivity contribution >= 4 is 74.7 Å². The molecular formula is C110H126DyEu4N10O12Tb-6. The van der Waals surface area contributed by atoms with Gasteiger partial charge in [0.25, 0.3) is 0 Å². The van der Waals surface area contributed by atoms with Crippen molar-refractivity contribution in [2.45, 2.75) is 96.9 Å². The average molecular weight is 2710 g/mol. The number of allylic oxidation sites excluding steroid dienone is 9. The van der Waals surface area contributed by atoms with Crippen molar-refractivity contribution in [3.05, 3.63) is 416 Å². The number of anilines is 4. The van der Waals surface area contributed by atoms with Crippen LogP contribution in [0.2, 0.25) is 0 Å². The standard InChI is InChI=1S/3C15H12O2.2C11H20O2.C10H8N2.4C7H10N2.C5H8O2.Dy.4Eu.Tb/c3*16-14(12-7-3-1-4-8-12)11-15(17)13-9-5-2-6-10-13;2*1-10(2,3)8(12)7-9(13)11(4,5)6;1-5-11-6-2-9(1)10-3-7-12-8-4-10;4*1-9(2)7-3-5-8-6-4-7;1-4(6)3-5(2)7;;;;;;/h3*1-11,16H;2*7,12H,1-6H3;1-8H;4*3-6H,1-2H3;3,6H,1-2H3;;;;;;/p-6/b3*14-11-;2*8-7-;;;;;;4-3-;;;;;;. The minimum Gasteiger partial charge on any atom is -0.876 e. The molecule has 6 aromatic heterocycles. The number of benzene rings is 6. The second-order valence-electron chi connectivity index (χ2n) is 33.8. The van der Waals surface area contributed by atoms with Crippen molar-refractivity contribution in [2.24, 2.45) is 21.7 Å². The molecule has 0 atom stereocenters. The Labute approximate surface area is 1040 Å². The Hall–Kier alpha value is -6.42. The molecule has 0 unspecified atom stereocenters. The summed E-state index contributed by atoms with van der Waals surface area (Å²) >= 11 is 0. The summed E-state index contributed by atoms with van der Waals surface area (Å²) in [6.07, 6.45) is 28.3. The van der Waals surface area contributed by atoms with Crippen LogP contribution < -0.4 is 50.2 Å². The molecule has 0 N–H and O–H groups in total. The molecule has 12 rings (SSSR count). The van der Waals surface area contributed by atoms with E-state index < -0.39 is 21.7 Å². The molecule has 741 valence electrons. The third kappa shape index (κ3) is 65.0. The van der Waals surface area contributed by atoms with Gasteiger partial charge in [-0.3, -0.25) is 58.7 Å². The van der Waals surface area contributed by atoms with Crippen molar-refractivity contribution in [2.75, 3.05) is 76.0 Å². The Balaban J connectivity index is -0.000000473. The molecule has 0 bridgehead atoms. The van der Waals surface area contributed by atoms with E-state index in [1.807, 2.05) is 268 Å². The molecule has 0 saturated heterocycles. The Morgan fingerprint density at radius 2 is 0.413 bits per heavy atom. The largest absolute Gasteiger partial charge is 0.876 e. The summed E-state index contributed by atoms with van der Waals surface area (Å²) in [7, 11) is 16.1. The summed E-state index contributed by atoms with van der Waals surface area (Å²) in [6.45, 7) is 24.4. The van der Waals surface area contributed by atoms with Crippen LogP contribution in [0.4, 0.5) is 22.7 Å². The van der Waals surface area contributed by atoms with Crippen molar-refractivity contribution < 1.29 is 334 Å². The van der Waals surface area contributed by atoms with Gasteiger partial charge in [-0.05, 0) is 155 Å². The molecule has 0 fully saturated rings. The molecule has 0 spiro atoms. The van der Waals surface area contributed by atoms with E-state index in [1.54, 1.807) is 220 Å². The van der Waals surface area contributed by atoms with Crippen LogP contribution in [0.5, 0.6) is 0 Å². The minimum atomic E-state index is -0.457. The van der Waals surface area contributed by atoms with Crippen molar-refractivity contribution in [3.8, 4) is 11.1 Å². The molecule has 138 heavy (non-hydrogen) atoms. The molecule has 12 aromatic rings. The van der Waals surface area contributed by atoms with Crippen LogP contribution in [0.25, 0.3) is 28.4 Å². The van der Waals surface area contributed by atoms with Crippen molar-refractivity contribution in [1.82, 2.24) is 29.9 Å². The smallest absolute Gasteiger partial charge is 0.185 e. The molecule has 0 aliphatic heterocycles. The van der Waals surface area contributed by atoms with E-state index in [-0.39, 0.29) is 344 Å². The fourth-order valence-electron chi connectivity index (χ4n) is 9.52. The maximum Gasteiger partial charge on any atom is 0.185 e. The molecule has 6 aromatic carbocycles. The van der Waals surface area contributed by atoms with Crippen LogP contribution in [0, 0.1) is 296 Å². The number of hydrogen-bond acceptors (Lipinski definition) is 22. The summed E-state index contributed by atoms with van der Waals surface area (Å²) in [5.41, 5.74) is 8.41. The third-order valence-corrected chi connectivity index (χ3v) is 17.4. The van der Waals surface area contributed by atoms with Gasteiger partial charge in [0.1, 0.15) is 0 Å². The summed E-state index contributed by atoms with van der Waals surface area (Å²) in [5.74, 6) is -2.38. The summed E-state index contributed by atoms with van der Waals surface area (Å²) < 4.78 is 0. The van der Waals surface area contributed by atoms with Crippen LogP contribution in [-0.4, -0.2) is 121 Å². The Kier molecular flexibility index (Phi) is 79.2. The fourth-order valence-corrected chi connectivity index (χ4v) is 9.52. The fraction of sp³-hybridized carbons (Fsp3) is 0.236. The Morgan fingerprint density at radius 1 is 0.246 bits per heavy atom. The van der Waals surface area contributed by atoms with E-state index in [2.05, 4.69) is 29.9 Å². The molecular weight excluding hydrogens is 2580 g/mol. The number of pyridine rings is 6. The zero-order valence-electron chi connectivity index (χ0n) is 82.2. The van der Waals surface area contributed by atoms with Gasteiger partial charge in [-0.15, -0.1) is 17.3 Å². The Morgan fingerprint density at radius 3 is 0.543 bits per heavy atom. The van der Waals surface area contributed by atoms with Crippen LogP contribution in [0.15, 0.2) is 383 Å². The van der Waals surface area contributed by atoms with Gasteiger partial charge in [0, 0.05) is 455 Å². The van der Waals surface area contributed by atoms with E-state index >= 15 is 0 Å². The first-order chi connectivity index (χ1) is 62.2. The first-order valence-corrected chi connectivity index (χ1v) is 42.2. The van der Waals surface area contributed by atoms with E-state index in [9.17, 15) is 59.4 Å². The number of nitrogens with zero attached hydrogens (tertiary/aromatic N) is 10. The summed E-state index contributed by atoms with van der Waals surface area (Å²) in [4.78, 5) is 99.8. The number of aromatic nitrogens is 6. The quantitative estimate of drug-likeness (QED) is 0.0464. The zero-order chi connectivity index (χ0) is 98.8. The molecule has 0 amide bonds. The number of carbonyl (C=O) groups is 6. The number of ketones is 6. The number of rotatable bonds is 17. The molecule has 5 radical (unpaired) electrons. The van der Waals surface area contributed by atoms with E-state index in [0.717, 1.165) is 24.3 Å². The molecule has 6 heterocycles. The van der Waals surface area contributed by atoms with Gasteiger partial charge >= 0.3 is 0 Å². The van der Waals surface area contributed by atoms with Crippen LogP contribution in [-0.2, 0) is 14.4 Å². The monoisotopic (exact) mass is 2710 g/mol. The van der Waals surface area contributed by atoms with E-state index in [1.165, 1.54) is 59.9 Å². The molecule has 22 nitrogen and oxygen atoms in total. The van der Waals surface area contributed by atoms with Gasteiger partial charge in [-0.1, -0.05) is 289 Å². The topological polar surface area (TPSA) is 331 Å². The second-order valence-corrected chi connectivity index (χ2v) is 33.8. The molecule has 0 aliphatic rings. The predicted octanol–water partition coefficient (Wildman–Crippen LogP) is 17.2. The SMILES string of the molecule is CC(=O)/C=C(/C)[O-].CC(C)(C)C(=O)/C=C(\[O-])C(C)(C)C.CC(C)(C)C(=O)/C=C(\[O-])C(C)(C)C.CN(C)c1ccncc1.CN(C)c1ccncc1.CN(C)c1ccncc1.CN(C)c1ccncc1.O=C(/C=C(\[O-])c1ccccc1)c1ccccc1.O=C(/C=C(\[O-])c1ccccc1)c1ccccc1.O=C(/C=C(\[O-])c1ccccc1)c1ccccc1.[Dy].[Eu].[Eu].[Eu].[Eu].[Tb].c1cc(-c2ccncc2)ccn1. The average Bonchev–Trinajstić information content (AvgIpc) is 0.861. The maximum absolute atomic E-state index is 11.8. The Bertz CT molecular complexity index is 5010. The first-order valence-electron chi connectivity index (χ1n) is 42.2. The normalized spacial score (nSPS) is 10.7. The minimum absolute atomic E-state index is 0. The van der Waals surface area contributed by atoms with E-state index in [0.29, 0.717) is 33.4 Å². The summed E-state index contributed by atoms with van der Waals surface area (Å²) in [6, 6.07) is 76.2. The first kappa shape index (κ1) is 140. The number of carbonyl (C=O) groups excluding carboxylic acids is 6. The summed E-state index contributed by atoms with van der Waals surface area (Å²) in [5, 5.41) is 68.1. The number of hydrogen-bond donors (Lipinski definition) is 0. The van der Waals surface area contributed by atoms with Crippen LogP contribution >= 0.6 is 0 Å². The van der Waals surface area contributed by atoms with E-state index in [4.69, 9.17) is 0 Å². The third-order valence-electron chi connectivity index (χ3n) is 17.4. The maximum atomic E-state index is 11.8. The van der Waals surface area contributed by atoms with Crippen LogP contribution in [0.1, 0.15) is 145 Å².